The van der Waals surface area contributed by atoms with Crippen molar-refractivity contribution in [1.82, 2.24) is 19.7 Å². The van der Waals surface area contributed by atoms with Gasteiger partial charge < -0.3 is 11.1 Å². The van der Waals surface area contributed by atoms with E-state index in [1.54, 1.807) is 29.2 Å². The smallest absolute Gasteiger partial charge is 0.238 e. The second-order valence-electron chi connectivity index (χ2n) is 6.00. The van der Waals surface area contributed by atoms with Gasteiger partial charge in [-0.15, -0.1) is 0 Å². The van der Waals surface area contributed by atoms with Gasteiger partial charge in [-0.2, -0.15) is 5.10 Å². The van der Waals surface area contributed by atoms with E-state index in [0.29, 0.717) is 42.3 Å². The molecule has 0 atom stereocenters. The van der Waals surface area contributed by atoms with Crippen molar-refractivity contribution in [1.29, 1.82) is 0 Å². The Bertz CT molecular complexity index is 756. The highest BCUT2D eigenvalue weighted by molar-refractivity contribution is 6.31. The van der Waals surface area contributed by atoms with Crippen LogP contribution in [-0.2, 0) is 9.59 Å². The molecule has 1 saturated heterocycles. The Labute approximate surface area is 150 Å². The Morgan fingerprint density at radius 2 is 2.08 bits per heavy atom. The van der Waals surface area contributed by atoms with Gasteiger partial charge >= 0.3 is 0 Å². The molecule has 0 bridgehead atoms. The summed E-state index contributed by atoms with van der Waals surface area (Å²) in [6.45, 7) is 1.59. The molecule has 0 saturated carbocycles. The van der Waals surface area contributed by atoms with Crippen molar-refractivity contribution in [2.75, 3.05) is 25.0 Å². The highest BCUT2D eigenvalue weighted by Gasteiger charge is 2.24. The van der Waals surface area contributed by atoms with Gasteiger partial charge in [0.2, 0.25) is 11.8 Å². The monoisotopic (exact) mass is 362 g/mol. The Balaban J connectivity index is 1.64. The number of primary amides is 1. The number of likely N-dealkylation sites (tertiary alicyclic amines) is 1. The SMILES string of the molecule is NC(=O)C1CCN(CC(=O)Nc2cc(Cl)ccc2-n2cncn2)CC1. The van der Waals surface area contributed by atoms with E-state index >= 15 is 0 Å². The first kappa shape index (κ1) is 17.4. The zero-order chi connectivity index (χ0) is 17.8. The molecule has 2 heterocycles. The lowest BCUT2D eigenvalue weighted by molar-refractivity contribution is -0.123. The van der Waals surface area contributed by atoms with Crippen LogP contribution in [-0.4, -0.2) is 51.1 Å². The maximum absolute atomic E-state index is 12.4. The van der Waals surface area contributed by atoms with Gasteiger partial charge in [0.25, 0.3) is 0 Å². The number of aromatic nitrogens is 3. The van der Waals surface area contributed by atoms with Crippen LogP contribution in [0.1, 0.15) is 12.8 Å². The second-order valence-corrected chi connectivity index (χ2v) is 6.44. The Morgan fingerprint density at radius 1 is 1.32 bits per heavy atom. The molecule has 3 rings (SSSR count). The summed E-state index contributed by atoms with van der Waals surface area (Å²) in [5, 5.41) is 7.47. The Hall–Kier alpha value is -2.45. The number of hydrogen-bond acceptors (Lipinski definition) is 5. The van der Waals surface area contributed by atoms with Gasteiger partial charge in [0.05, 0.1) is 17.9 Å². The molecule has 3 N–H and O–H groups in total. The number of hydrogen-bond donors (Lipinski definition) is 2. The molecule has 1 fully saturated rings. The average molecular weight is 363 g/mol. The minimum Gasteiger partial charge on any atom is -0.369 e. The van der Waals surface area contributed by atoms with Gasteiger partial charge in [0.15, 0.2) is 0 Å². The van der Waals surface area contributed by atoms with Crippen molar-refractivity contribution >= 4 is 29.1 Å². The predicted molar refractivity (Wildman–Crippen MR) is 93.4 cm³/mol. The van der Waals surface area contributed by atoms with Crippen molar-refractivity contribution in [3.8, 4) is 5.69 Å². The summed E-state index contributed by atoms with van der Waals surface area (Å²) < 4.78 is 1.56. The van der Waals surface area contributed by atoms with Crippen LogP contribution in [0.4, 0.5) is 5.69 Å². The molecule has 1 aliphatic rings. The molecule has 8 nitrogen and oxygen atoms in total. The van der Waals surface area contributed by atoms with Crippen molar-refractivity contribution in [3.63, 3.8) is 0 Å². The number of carbonyl (C=O) groups excluding carboxylic acids is 2. The quantitative estimate of drug-likeness (QED) is 0.827. The minimum atomic E-state index is -0.263. The van der Waals surface area contributed by atoms with Crippen LogP contribution < -0.4 is 11.1 Å². The van der Waals surface area contributed by atoms with Gasteiger partial charge in [-0.25, -0.2) is 9.67 Å². The second kappa shape index (κ2) is 7.62. The molecule has 1 aromatic heterocycles. The first-order valence-corrected chi connectivity index (χ1v) is 8.37. The van der Waals surface area contributed by atoms with Gasteiger partial charge in [0.1, 0.15) is 12.7 Å². The maximum Gasteiger partial charge on any atom is 0.238 e. The van der Waals surface area contributed by atoms with E-state index < -0.39 is 0 Å². The van der Waals surface area contributed by atoms with E-state index in [9.17, 15) is 9.59 Å². The number of nitrogens with zero attached hydrogens (tertiary/aromatic N) is 4. The first-order valence-electron chi connectivity index (χ1n) is 7.99. The Morgan fingerprint density at radius 3 is 2.72 bits per heavy atom. The number of rotatable bonds is 5. The third kappa shape index (κ3) is 4.34. The summed E-state index contributed by atoms with van der Waals surface area (Å²) in [7, 11) is 0. The number of anilines is 1. The molecular formula is C16H19ClN6O2. The van der Waals surface area contributed by atoms with E-state index in [1.165, 1.54) is 6.33 Å². The molecule has 1 aliphatic heterocycles. The number of nitrogens with one attached hydrogen (secondary N) is 1. The summed E-state index contributed by atoms with van der Waals surface area (Å²) in [6.07, 6.45) is 4.34. The van der Waals surface area contributed by atoms with Crippen LogP contribution >= 0.6 is 11.6 Å². The van der Waals surface area contributed by atoms with Gasteiger partial charge in [-0.3, -0.25) is 14.5 Å². The predicted octanol–water partition coefficient (Wildman–Crippen LogP) is 1.06. The van der Waals surface area contributed by atoms with Crippen LogP contribution in [0.3, 0.4) is 0 Å². The van der Waals surface area contributed by atoms with Crippen LogP contribution in [0.5, 0.6) is 0 Å². The molecule has 0 aliphatic carbocycles. The number of benzene rings is 1. The van der Waals surface area contributed by atoms with Gasteiger partial charge in [-0.05, 0) is 44.1 Å². The fraction of sp³-hybridized carbons (Fsp3) is 0.375. The molecule has 0 radical (unpaired) electrons. The topological polar surface area (TPSA) is 106 Å². The molecule has 25 heavy (non-hydrogen) atoms. The highest BCUT2D eigenvalue weighted by Crippen LogP contribution is 2.24. The fourth-order valence-corrected chi connectivity index (χ4v) is 3.08. The Kier molecular flexibility index (Phi) is 5.30. The molecule has 132 valence electrons. The molecule has 2 aromatic rings. The summed E-state index contributed by atoms with van der Waals surface area (Å²) >= 11 is 6.05. The third-order valence-electron chi connectivity index (χ3n) is 4.26. The number of piperidine rings is 1. The average Bonchev–Trinajstić information content (AvgIpc) is 3.09. The fourth-order valence-electron chi connectivity index (χ4n) is 2.91. The van der Waals surface area contributed by atoms with Crippen molar-refractivity contribution in [3.05, 3.63) is 35.9 Å². The van der Waals surface area contributed by atoms with Crippen molar-refractivity contribution < 1.29 is 9.59 Å². The van der Waals surface area contributed by atoms with Crippen molar-refractivity contribution in [2.45, 2.75) is 12.8 Å². The summed E-state index contributed by atoms with van der Waals surface area (Å²) in [5.41, 5.74) is 6.58. The number of carbonyl (C=O) groups is 2. The van der Waals surface area contributed by atoms with Gasteiger partial charge in [-0.1, -0.05) is 11.6 Å². The third-order valence-corrected chi connectivity index (χ3v) is 4.49. The number of halogens is 1. The number of amides is 2. The first-order chi connectivity index (χ1) is 12.0. The van der Waals surface area contributed by atoms with Crippen LogP contribution in [0.15, 0.2) is 30.9 Å². The minimum absolute atomic E-state index is 0.0915. The van der Waals surface area contributed by atoms with Crippen molar-refractivity contribution in [2.24, 2.45) is 11.7 Å². The van der Waals surface area contributed by atoms with E-state index in [2.05, 4.69) is 15.4 Å². The highest BCUT2D eigenvalue weighted by atomic mass is 35.5. The molecule has 1 aromatic carbocycles. The zero-order valence-corrected chi connectivity index (χ0v) is 14.3. The lowest BCUT2D eigenvalue weighted by Crippen LogP contribution is -2.42. The summed E-state index contributed by atoms with van der Waals surface area (Å²) in [5.74, 6) is -0.507. The molecule has 0 unspecified atom stereocenters. The summed E-state index contributed by atoms with van der Waals surface area (Å²) in [4.78, 5) is 29.5. The lowest BCUT2D eigenvalue weighted by Gasteiger charge is -2.29. The summed E-state index contributed by atoms with van der Waals surface area (Å²) in [6, 6.07) is 5.17. The van der Waals surface area contributed by atoms with E-state index in [1.807, 2.05) is 4.90 Å². The zero-order valence-electron chi connectivity index (χ0n) is 13.6. The van der Waals surface area contributed by atoms with Crippen LogP contribution in [0, 0.1) is 5.92 Å². The van der Waals surface area contributed by atoms with Gasteiger partial charge in [0, 0.05) is 10.9 Å². The van der Waals surface area contributed by atoms with Crippen LogP contribution in [0.2, 0.25) is 5.02 Å². The lowest BCUT2D eigenvalue weighted by atomic mass is 9.96. The molecular weight excluding hydrogens is 344 g/mol. The van der Waals surface area contributed by atoms with E-state index in [4.69, 9.17) is 17.3 Å². The molecule has 0 spiro atoms. The van der Waals surface area contributed by atoms with E-state index in [-0.39, 0.29) is 24.3 Å². The molecule has 2 amide bonds. The van der Waals surface area contributed by atoms with Crippen LogP contribution in [0.25, 0.3) is 5.69 Å². The molecule has 9 heteroatoms. The normalized spacial score (nSPS) is 15.9. The maximum atomic E-state index is 12.4. The standard InChI is InChI=1S/C16H19ClN6O2/c17-12-1-2-14(23-10-19-9-20-23)13(7-12)21-15(24)8-22-5-3-11(4-6-22)16(18)25/h1-2,7,9-11H,3-6,8H2,(H2,18,25)(H,21,24). The largest absolute Gasteiger partial charge is 0.369 e. The number of nitrogens with two attached hydrogens (primary N) is 1. The van der Waals surface area contributed by atoms with E-state index in [0.717, 1.165) is 0 Å².